The van der Waals surface area contributed by atoms with E-state index in [1.165, 1.54) is 0 Å². The predicted molar refractivity (Wildman–Crippen MR) is 76.3 cm³/mol. The van der Waals surface area contributed by atoms with Gasteiger partial charge in [-0.15, -0.1) is 12.4 Å². The van der Waals surface area contributed by atoms with Crippen LogP contribution >= 0.6 is 12.4 Å². The lowest BCUT2D eigenvalue weighted by Gasteiger charge is -2.19. The molecular weight excluding hydrogens is 324 g/mol. The van der Waals surface area contributed by atoms with E-state index in [2.05, 4.69) is 5.32 Å². The molecule has 0 spiro atoms. The summed E-state index contributed by atoms with van der Waals surface area (Å²) >= 11 is 0. The van der Waals surface area contributed by atoms with Crippen molar-refractivity contribution in [3.8, 4) is 0 Å². The summed E-state index contributed by atoms with van der Waals surface area (Å²) in [6.07, 6.45) is -2.27. The zero-order valence-electron chi connectivity index (χ0n) is 11.6. The van der Waals surface area contributed by atoms with Crippen molar-refractivity contribution in [2.24, 2.45) is 11.7 Å². The monoisotopic (exact) mass is 340 g/mol. The number of halogens is 5. The van der Waals surface area contributed by atoms with Gasteiger partial charge in [0.1, 0.15) is 5.82 Å². The molecule has 2 unspecified atom stereocenters. The van der Waals surface area contributed by atoms with Gasteiger partial charge in [0.25, 0.3) is 5.91 Å². The molecule has 1 fully saturated rings. The molecule has 1 saturated carbocycles. The number of benzene rings is 1. The van der Waals surface area contributed by atoms with Gasteiger partial charge in [0.05, 0.1) is 5.56 Å². The van der Waals surface area contributed by atoms with E-state index < -0.39 is 23.5 Å². The largest absolute Gasteiger partial charge is 0.419 e. The number of carbonyl (C=O) groups is 1. The first-order valence-corrected chi connectivity index (χ1v) is 6.70. The Morgan fingerprint density at radius 1 is 1.32 bits per heavy atom. The summed E-state index contributed by atoms with van der Waals surface area (Å²) in [6, 6.07) is 2.11. The molecule has 8 heteroatoms. The second kappa shape index (κ2) is 7.28. The van der Waals surface area contributed by atoms with Gasteiger partial charge in [0.2, 0.25) is 0 Å². The van der Waals surface area contributed by atoms with E-state index in [0.29, 0.717) is 18.7 Å². The summed E-state index contributed by atoms with van der Waals surface area (Å²) in [5, 5.41) is 2.69. The molecule has 1 aromatic carbocycles. The Labute approximate surface area is 131 Å². The van der Waals surface area contributed by atoms with E-state index >= 15 is 0 Å². The minimum absolute atomic E-state index is 0. The van der Waals surface area contributed by atoms with E-state index in [1.807, 2.05) is 0 Å². The van der Waals surface area contributed by atoms with E-state index in [-0.39, 0.29) is 29.9 Å². The molecule has 0 radical (unpaired) electrons. The Morgan fingerprint density at radius 3 is 2.59 bits per heavy atom. The quantitative estimate of drug-likeness (QED) is 0.831. The first-order valence-electron chi connectivity index (χ1n) is 6.70. The van der Waals surface area contributed by atoms with Gasteiger partial charge in [-0.1, -0.05) is 6.42 Å². The van der Waals surface area contributed by atoms with Crippen LogP contribution in [0.4, 0.5) is 17.6 Å². The Hall–Kier alpha value is -1.34. The smallest absolute Gasteiger partial charge is 0.349 e. The molecule has 1 aromatic rings. The standard InChI is InChI=1S/C14H16F4N2O.ClH/c15-11-5-4-8(6-10(11)14(16,17)18)13(21)20-12-3-1-2-9(12)7-19;/h4-6,9,12H,1-3,7,19H2,(H,20,21);1H. The second-order valence-corrected chi connectivity index (χ2v) is 5.20. The average Bonchev–Trinajstić information content (AvgIpc) is 2.85. The number of alkyl halides is 3. The van der Waals surface area contributed by atoms with E-state index in [4.69, 9.17) is 5.73 Å². The molecule has 124 valence electrons. The third kappa shape index (κ3) is 4.10. The van der Waals surface area contributed by atoms with Crippen LogP contribution in [0.25, 0.3) is 0 Å². The first-order chi connectivity index (χ1) is 9.82. The van der Waals surface area contributed by atoms with Gasteiger partial charge in [-0.05, 0) is 43.5 Å². The highest BCUT2D eigenvalue weighted by Gasteiger charge is 2.35. The van der Waals surface area contributed by atoms with Crippen LogP contribution in [-0.2, 0) is 6.18 Å². The molecule has 3 nitrogen and oxygen atoms in total. The average molecular weight is 341 g/mol. The number of rotatable bonds is 3. The van der Waals surface area contributed by atoms with Crippen molar-refractivity contribution in [2.75, 3.05) is 6.54 Å². The zero-order chi connectivity index (χ0) is 15.6. The van der Waals surface area contributed by atoms with Gasteiger partial charge >= 0.3 is 6.18 Å². The zero-order valence-corrected chi connectivity index (χ0v) is 12.4. The van der Waals surface area contributed by atoms with E-state index in [9.17, 15) is 22.4 Å². The van der Waals surface area contributed by atoms with Crippen LogP contribution < -0.4 is 11.1 Å². The third-order valence-corrected chi connectivity index (χ3v) is 3.81. The topological polar surface area (TPSA) is 55.1 Å². The Morgan fingerprint density at radius 2 is 2.00 bits per heavy atom. The first kappa shape index (κ1) is 18.7. The summed E-state index contributed by atoms with van der Waals surface area (Å²) < 4.78 is 51.1. The van der Waals surface area contributed by atoms with Crippen molar-refractivity contribution >= 4 is 18.3 Å². The van der Waals surface area contributed by atoms with Crippen LogP contribution in [0.5, 0.6) is 0 Å². The van der Waals surface area contributed by atoms with Crippen molar-refractivity contribution in [1.82, 2.24) is 5.32 Å². The van der Waals surface area contributed by atoms with Gasteiger partial charge in [0.15, 0.2) is 0 Å². The molecule has 2 rings (SSSR count). The molecule has 0 heterocycles. The van der Waals surface area contributed by atoms with E-state index in [1.54, 1.807) is 0 Å². The van der Waals surface area contributed by atoms with Crippen LogP contribution in [0.3, 0.4) is 0 Å². The van der Waals surface area contributed by atoms with Gasteiger partial charge in [-0.3, -0.25) is 4.79 Å². The lowest BCUT2D eigenvalue weighted by Crippen LogP contribution is -2.39. The van der Waals surface area contributed by atoms with E-state index in [0.717, 1.165) is 25.3 Å². The SMILES string of the molecule is Cl.NCC1CCCC1NC(=O)c1ccc(F)c(C(F)(F)F)c1. The van der Waals surface area contributed by atoms with Crippen molar-refractivity contribution in [3.63, 3.8) is 0 Å². The number of hydrogen-bond acceptors (Lipinski definition) is 2. The number of nitrogens with two attached hydrogens (primary N) is 1. The van der Waals surface area contributed by atoms with Crippen LogP contribution in [0.1, 0.15) is 35.2 Å². The minimum Gasteiger partial charge on any atom is -0.349 e. The maximum atomic E-state index is 13.2. The minimum atomic E-state index is -4.83. The Kier molecular flexibility index (Phi) is 6.19. The highest BCUT2D eigenvalue weighted by Crippen LogP contribution is 2.32. The second-order valence-electron chi connectivity index (χ2n) is 5.20. The molecule has 0 bridgehead atoms. The molecule has 0 aliphatic heterocycles. The predicted octanol–water partition coefficient (Wildman–Crippen LogP) is 3.12. The molecule has 2 atom stereocenters. The number of hydrogen-bond donors (Lipinski definition) is 2. The number of carbonyl (C=O) groups excluding carboxylic acids is 1. The maximum Gasteiger partial charge on any atom is 0.419 e. The van der Waals surface area contributed by atoms with Crippen molar-refractivity contribution in [2.45, 2.75) is 31.5 Å². The molecule has 1 aliphatic carbocycles. The lowest BCUT2D eigenvalue weighted by molar-refractivity contribution is -0.140. The van der Waals surface area contributed by atoms with Crippen LogP contribution in [0.15, 0.2) is 18.2 Å². The summed E-state index contributed by atoms with van der Waals surface area (Å²) in [5.41, 5.74) is 3.95. The van der Waals surface area contributed by atoms with Crippen molar-refractivity contribution in [1.29, 1.82) is 0 Å². The fraction of sp³-hybridized carbons (Fsp3) is 0.500. The molecule has 1 aliphatic rings. The fourth-order valence-electron chi connectivity index (χ4n) is 2.64. The highest BCUT2D eigenvalue weighted by molar-refractivity contribution is 5.94. The molecule has 0 aromatic heterocycles. The molecule has 0 saturated heterocycles. The summed E-state index contributed by atoms with van der Waals surface area (Å²) in [6.45, 7) is 0.419. The normalized spacial score (nSPS) is 21.3. The van der Waals surface area contributed by atoms with Crippen LogP contribution in [0, 0.1) is 11.7 Å². The summed E-state index contributed by atoms with van der Waals surface area (Å²) in [4.78, 5) is 12.0. The van der Waals surface area contributed by atoms with Crippen LogP contribution in [0.2, 0.25) is 0 Å². The van der Waals surface area contributed by atoms with Gasteiger partial charge in [0, 0.05) is 11.6 Å². The lowest BCUT2D eigenvalue weighted by atomic mass is 10.0. The fourth-order valence-corrected chi connectivity index (χ4v) is 2.64. The van der Waals surface area contributed by atoms with Crippen LogP contribution in [-0.4, -0.2) is 18.5 Å². The maximum absolute atomic E-state index is 13.2. The van der Waals surface area contributed by atoms with Gasteiger partial charge in [-0.2, -0.15) is 13.2 Å². The Bertz CT molecular complexity index is 536. The Balaban J connectivity index is 0.00000242. The number of amides is 1. The molecule has 1 amide bonds. The third-order valence-electron chi connectivity index (χ3n) is 3.81. The summed E-state index contributed by atoms with van der Waals surface area (Å²) in [5.74, 6) is -1.89. The van der Waals surface area contributed by atoms with Gasteiger partial charge in [-0.25, -0.2) is 4.39 Å². The summed E-state index contributed by atoms with van der Waals surface area (Å²) in [7, 11) is 0. The van der Waals surface area contributed by atoms with Gasteiger partial charge < -0.3 is 11.1 Å². The highest BCUT2D eigenvalue weighted by atomic mass is 35.5. The molecule has 3 N–H and O–H groups in total. The van der Waals surface area contributed by atoms with Crippen molar-refractivity contribution in [3.05, 3.63) is 35.1 Å². The molecule has 22 heavy (non-hydrogen) atoms. The molecular formula is C14H17ClF4N2O. The number of nitrogens with one attached hydrogen (secondary N) is 1. The van der Waals surface area contributed by atoms with Crippen molar-refractivity contribution < 1.29 is 22.4 Å².